The molecule has 39 heavy (non-hydrogen) atoms. The molecule has 1 fully saturated rings. The van der Waals surface area contributed by atoms with Crippen molar-refractivity contribution in [3.05, 3.63) is 48.3 Å². The number of morpholine rings is 1. The molecule has 0 radical (unpaired) electrons. The summed E-state index contributed by atoms with van der Waals surface area (Å²) in [4.78, 5) is 38.9. The van der Waals surface area contributed by atoms with Crippen molar-refractivity contribution in [2.24, 2.45) is 0 Å². The molecular weight excluding hydrogens is 504 g/mol. The van der Waals surface area contributed by atoms with Gasteiger partial charge in [0, 0.05) is 56.4 Å². The maximum atomic E-state index is 12.8. The molecule has 0 aliphatic carbocycles. The van der Waals surface area contributed by atoms with E-state index in [1.165, 1.54) is 12.4 Å². The SMILES string of the molecule is COc1cc(Nc2nc(C3=CCN(C(=O)c4cnccn4)CC3)nc(N3CCOCC3)n2)cc(OC)c1OC. The molecule has 5 rings (SSSR count). The summed E-state index contributed by atoms with van der Waals surface area (Å²) in [6, 6.07) is 3.57. The topological polar surface area (TPSA) is 137 Å². The van der Waals surface area contributed by atoms with E-state index in [9.17, 15) is 4.79 Å². The number of benzene rings is 1. The predicted molar refractivity (Wildman–Crippen MR) is 143 cm³/mol. The number of hydrogen-bond donors (Lipinski definition) is 1. The fraction of sp³-hybridized carbons (Fsp3) is 0.385. The third kappa shape index (κ3) is 5.82. The first-order valence-corrected chi connectivity index (χ1v) is 12.5. The normalized spacial score (nSPS) is 15.4. The lowest BCUT2D eigenvalue weighted by Crippen LogP contribution is -2.38. The Bertz CT molecular complexity index is 1320. The van der Waals surface area contributed by atoms with Gasteiger partial charge < -0.3 is 34.1 Å². The zero-order chi connectivity index (χ0) is 27.2. The Kier molecular flexibility index (Phi) is 7.96. The Morgan fingerprint density at radius 3 is 2.36 bits per heavy atom. The highest BCUT2D eigenvalue weighted by Gasteiger charge is 2.24. The van der Waals surface area contributed by atoms with Crippen LogP contribution in [0.25, 0.3) is 5.57 Å². The number of amides is 1. The van der Waals surface area contributed by atoms with Crippen LogP contribution in [0.5, 0.6) is 17.2 Å². The van der Waals surface area contributed by atoms with Crippen LogP contribution in [0.15, 0.2) is 36.8 Å². The predicted octanol–water partition coefficient (Wildman–Crippen LogP) is 2.20. The molecule has 1 amide bonds. The van der Waals surface area contributed by atoms with Crippen molar-refractivity contribution in [1.82, 2.24) is 29.8 Å². The largest absolute Gasteiger partial charge is 0.493 e. The second kappa shape index (κ2) is 11.9. The third-order valence-electron chi connectivity index (χ3n) is 6.40. The molecule has 2 aromatic heterocycles. The lowest BCUT2D eigenvalue weighted by molar-refractivity contribution is 0.0766. The van der Waals surface area contributed by atoms with Gasteiger partial charge in [-0.25, -0.2) is 4.98 Å². The summed E-state index contributed by atoms with van der Waals surface area (Å²) in [5.74, 6) is 2.81. The van der Waals surface area contributed by atoms with E-state index in [0.29, 0.717) is 92.2 Å². The van der Waals surface area contributed by atoms with Crippen LogP contribution < -0.4 is 24.4 Å². The van der Waals surface area contributed by atoms with E-state index in [0.717, 1.165) is 5.57 Å². The van der Waals surface area contributed by atoms with E-state index < -0.39 is 0 Å². The van der Waals surface area contributed by atoms with Gasteiger partial charge in [0.15, 0.2) is 17.3 Å². The van der Waals surface area contributed by atoms with Gasteiger partial charge in [0.2, 0.25) is 17.6 Å². The Morgan fingerprint density at radius 2 is 1.74 bits per heavy atom. The van der Waals surface area contributed by atoms with Crippen LogP contribution in [-0.2, 0) is 4.74 Å². The standard InChI is InChI=1S/C26H30N8O5/c1-36-20-14-18(15-21(37-2)22(20)38-3)29-25-30-23(31-26(32-25)34-10-12-39-13-11-34)17-4-8-33(9-5-17)24(35)19-16-27-6-7-28-19/h4,6-7,14-16H,5,8-13H2,1-3H3,(H,29,30,31,32). The quantitative estimate of drug-likeness (QED) is 0.453. The molecule has 0 saturated carbocycles. The van der Waals surface area contributed by atoms with E-state index in [-0.39, 0.29) is 5.91 Å². The number of nitrogens with one attached hydrogen (secondary N) is 1. The molecule has 1 aromatic carbocycles. The van der Waals surface area contributed by atoms with E-state index in [1.54, 1.807) is 44.6 Å². The number of aromatic nitrogens is 5. The van der Waals surface area contributed by atoms with Crippen LogP contribution in [0, 0.1) is 0 Å². The van der Waals surface area contributed by atoms with Crippen LogP contribution in [-0.4, -0.2) is 96.4 Å². The van der Waals surface area contributed by atoms with Crippen LogP contribution in [0.4, 0.5) is 17.6 Å². The van der Waals surface area contributed by atoms with E-state index in [4.69, 9.17) is 33.9 Å². The highest BCUT2D eigenvalue weighted by Crippen LogP contribution is 2.40. The Labute approximate surface area is 225 Å². The van der Waals surface area contributed by atoms with Gasteiger partial charge >= 0.3 is 0 Å². The molecule has 0 bridgehead atoms. The van der Waals surface area contributed by atoms with Gasteiger partial charge in [-0.3, -0.25) is 9.78 Å². The molecule has 2 aliphatic heterocycles. The second-order valence-electron chi connectivity index (χ2n) is 8.74. The van der Waals surface area contributed by atoms with Crippen molar-refractivity contribution in [3.8, 4) is 17.2 Å². The van der Waals surface area contributed by atoms with Crippen molar-refractivity contribution >= 4 is 29.1 Å². The lowest BCUT2D eigenvalue weighted by Gasteiger charge is -2.28. The average molecular weight is 535 g/mol. The summed E-state index contributed by atoms with van der Waals surface area (Å²) < 4.78 is 21.9. The van der Waals surface area contributed by atoms with Crippen LogP contribution in [0.3, 0.4) is 0 Å². The molecule has 4 heterocycles. The number of carbonyl (C=O) groups excluding carboxylic acids is 1. The molecule has 3 aromatic rings. The number of anilines is 3. The summed E-state index contributed by atoms with van der Waals surface area (Å²) in [7, 11) is 4.68. The molecule has 13 nitrogen and oxygen atoms in total. The van der Waals surface area contributed by atoms with Gasteiger partial charge in [-0.1, -0.05) is 6.08 Å². The van der Waals surface area contributed by atoms with Crippen molar-refractivity contribution in [3.63, 3.8) is 0 Å². The number of methoxy groups -OCH3 is 3. The Hall–Kier alpha value is -4.52. The number of rotatable bonds is 8. The summed E-state index contributed by atoms with van der Waals surface area (Å²) in [5.41, 5.74) is 1.91. The van der Waals surface area contributed by atoms with Gasteiger partial charge in [-0.2, -0.15) is 15.0 Å². The fourth-order valence-electron chi connectivity index (χ4n) is 4.38. The molecule has 0 spiro atoms. The van der Waals surface area contributed by atoms with Crippen molar-refractivity contribution in [2.45, 2.75) is 6.42 Å². The average Bonchev–Trinajstić information content (AvgIpc) is 3.01. The molecule has 1 saturated heterocycles. The number of ether oxygens (including phenoxy) is 4. The monoisotopic (exact) mass is 534 g/mol. The zero-order valence-corrected chi connectivity index (χ0v) is 22.1. The Balaban J connectivity index is 1.44. The van der Waals surface area contributed by atoms with Crippen LogP contribution in [0.1, 0.15) is 22.7 Å². The molecule has 13 heteroatoms. The van der Waals surface area contributed by atoms with Gasteiger partial charge in [0.05, 0.1) is 40.7 Å². The fourth-order valence-corrected chi connectivity index (χ4v) is 4.38. The summed E-state index contributed by atoms with van der Waals surface area (Å²) in [5, 5.41) is 3.27. The highest BCUT2D eigenvalue weighted by atomic mass is 16.5. The van der Waals surface area contributed by atoms with E-state index in [2.05, 4.69) is 20.2 Å². The first kappa shape index (κ1) is 26.1. The zero-order valence-electron chi connectivity index (χ0n) is 22.1. The Morgan fingerprint density at radius 1 is 0.974 bits per heavy atom. The van der Waals surface area contributed by atoms with Gasteiger partial charge in [0.1, 0.15) is 5.69 Å². The van der Waals surface area contributed by atoms with E-state index in [1.807, 2.05) is 6.08 Å². The van der Waals surface area contributed by atoms with Crippen LogP contribution >= 0.6 is 0 Å². The van der Waals surface area contributed by atoms with Crippen LogP contribution in [0.2, 0.25) is 0 Å². The number of carbonyl (C=O) groups is 1. The first-order chi connectivity index (χ1) is 19.1. The molecule has 1 N–H and O–H groups in total. The highest BCUT2D eigenvalue weighted by molar-refractivity contribution is 5.92. The summed E-state index contributed by atoms with van der Waals surface area (Å²) >= 11 is 0. The molecule has 0 unspecified atom stereocenters. The van der Waals surface area contributed by atoms with Crippen molar-refractivity contribution in [1.29, 1.82) is 0 Å². The van der Waals surface area contributed by atoms with Crippen molar-refractivity contribution in [2.75, 3.05) is 70.9 Å². The van der Waals surface area contributed by atoms with Gasteiger partial charge in [-0.15, -0.1) is 0 Å². The maximum Gasteiger partial charge on any atom is 0.274 e. The van der Waals surface area contributed by atoms with Gasteiger partial charge in [-0.05, 0) is 12.0 Å². The second-order valence-corrected chi connectivity index (χ2v) is 8.74. The summed E-state index contributed by atoms with van der Waals surface area (Å²) in [6.07, 6.45) is 7.09. The maximum absolute atomic E-state index is 12.8. The molecule has 0 atom stereocenters. The smallest absolute Gasteiger partial charge is 0.274 e. The van der Waals surface area contributed by atoms with E-state index >= 15 is 0 Å². The van der Waals surface area contributed by atoms with Crippen molar-refractivity contribution < 1.29 is 23.7 Å². The molecule has 204 valence electrons. The minimum absolute atomic E-state index is 0.159. The minimum atomic E-state index is -0.159. The number of nitrogens with zero attached hydrogens (tertiary/aromatic N) is 7. The lowest BCUT2D eigenvalue weighted by atomic mass is 10.1. The first-order valence-electron chi connectivity index (χ1n) is 12.5. The third-order valence-corrected chi connectivity index (χ3v) is 6.40. The minimum Gasteiger partial charge on any atom is -0.493 e. The molecule has 2 aliphatic rings. The van der Waals surface area contributed by atoms with Gasteiger partial charge in [0.25, 0.3) is 5.91 Å². The summed E-state index contributed by atoms with van der Waals surface area (Å²) in [6.45, 7) is 3.46. The number of hydrogen-bond acceptors (Lipinski definition) is 12. The molecular formula is C26H30N8O5.